The minimum absolute atomic E-state index is 0.345. The summed E-state index contributed by atoms with van der Waals surface area (Å²) in [6.45, 7) is 4.18. The van der Waals surface area contributed by atoms with Crippen molar-refractivity contribution in [2.45, 2.75) is 26.2 Å². The number of aromatic amines is 1. The number of H-pyrrole nitrogens is 1. The van der Waals surface area contributed by atoms with Crippen molar-refractivity contribution in [3.63, 3.8) is 0 Å². The SMILES string of the molecule is Cc1cc(Nc2nc(CC(C)c3ccccc3)nc3ccccc23)n[nH]1. The molecule has 4 aromatic rings. The van der Waals surface area contributed by atoms with Gasteiger partial charge in [-0.2, -0.15) is 5.10 Å². The van der Waals surface area contributed by atoms with Crippen molar-refractivity contribution in [1.82, 2.24) is 20.2 Å². The van der Waals surface area contributed by atoms with Crippen molar-refractivity contribution >= 4 is 22.5 Å². The number of benzene rings is 2. The van der Waals surface area contributed by atoms with Gasteiger partial charge in [0.2, 0.25) is 0 Å². The Hall–Kier alpha value is -3.21. The first kappa shape index (κ1) is 16.3. The van der Waals surface area contributed by atoms with Crippen molar-refractivity contribution in [3.05, 3.63) is 77.7 Å². The molecule has 1 atom stereocenters. The largest absolute Gasteiger partial charge is 0.323 e. The third-order valence-corrected chi connectivity index (χ3v) is 4.46. The van der Waals surface area contributed by atoms with E-state index in [1.807, 2.05) is 43.3 Å². The molecule has 5 heteroatoms. The molecule has 0 saturated carbocycles. The number of nitrogens with zero attached hydrogens (tertiary/aromatic N) is 3. The zero-order valence-electron chi connectivity index (χ0n) is 14.9. The molecule has 0 aliphatic carbocycles. The fraction of sp³-hybridized carbons (Fsp3) is 0.190. The Bertz CT molecular complexity index is 1020. The van der Waals surface area contributed by atoms with E-state index in [4.69, 9.17) is 9.97 Å². The standard InChI is InChI=1S/C21H21N5/c1-14(16-8-4-3-5-9-16)12-19-22-18-11-7-6-10-17(18)21(23-19)24-20-13-15(2)25-26-20/h3-11,13-14H,12H2,1-2H3,(H2,22,23,24,25,26). The van der Waals surface area contributed by atoms with Crippen molar-refractivity contribution in [1.29, 1.82) is 0 Å². The first-order valence-corrected chi connectivity index (χ1v) is 8.78. The van der Waals surface area contributed by atoms with E-state index in [-0.39, 0.29) is 0 Å². The number of anilines is 2. The van der Waals surface area contributed by atoms with E-state index >= 15 is 0 Å². The fourth-order valence-corrected chi connectivity index (χ4v) is 3.09. The van der Waals surface area contributed by atoms with Crippen molar-refractivity contribution in [2.75, 3.05) is 5.32 Å². The van der Waals surface area contributed by atoms with E-state index in [1.165, 1.54) is 5.56 Å². The van der Waals surface area contributed by atoms with Gasteiger partial charge in [0.05, 0.1) is 5.52 Å². The molecule has 0 fully saturated rings. The summed E-state index contributed by atoms with van der Waals surface area (Å²) in [5.74, 6) is 2.72. The molecule has 5 nitrogen and oxygen atoms in total. The van der Waals surface area contributed by atoms with Gasteiger partial charge in [-0.25, -0.2) is 9.97 Å². The lowest BCUT2D eigenvalue weighted by atomic mass is 9.97. The third-order valence-electron chi connectivity index (χ3n) is 4.46. The summed E-state index contributed by atoms with van der Waals surface area (Å²) in [7, 11) is 0. The molecule has 0 aliphatic heterocycles. The van der Waals surface area contributed by atoms with E-state index < -0.39 is 0 Å². The zero-order valence-corrected chi connectivity index (χ0v) is 14.9. The molecular formula is C21H21N5. The molecule has 2 aromatic carbocycles. The maximum absolute atomic E-state index is 4.79. The number of hydrogen-bond acceptors (Lipinski definition) is 4. The highest BCUT2D eigenvalue weighted by Crippen LogP contribution is 2.25. The van der Waals surface area contributed by atoms with Crippen LogP contribution in [0.5, 0.6) is 0 Å². The second-order valence-corrected chi connectivity index (χ2v) is 6.58. The Morgan fingerprint density at radius 1 is 1.00 bits per heavy atom. The topological polar surface area (TPSA) is 66.5 Å². The molecule has 2 aromatic heterocycles. The lowest BCUT2D eigenvalue weighted by Crippen LogP contribution is -2.06. The highest BCUT2D eigenvalue weighted by atomic mass is 15.2. The number of fused-ring (bicyclic) bond motifs is 1. The van der Waals surface area contributed by atoms with E-state index in [0.717, 1.165) is 40.5 Å². The van der Waals surface area contributed by atoms with Gasteiger partial charge in [0.1, 0.15) is 11.6 Å². The average molecular weight is 343 g/mol. The molecule has 4 rings (SSSR count). The fourth-order valence-electron chi connectivity index (χ4n) is 3.09. The minimum Gasteiger partial charge on any atom is -0.323 e. The van der Waals surface area contributed by atoms with Gasteiger partial charge in [0, 0.05) is 23.6 Å². The molecular weight excluding hydrogens is 322 g/mol. The maximum atomic E-state index is 4.79. The van der Waals surface area contributed by atoms with Crippen LogP contribution in [0.4, 0.5) is 11.6 Å². The average Bonchev–Trinajstić information content (AvgIpc) is 3.07. The van der Waals surface area contributed by atoms with Crippen LogP contribution < -0.4 is 5.32 Å². The van der Waals surface area contributed by atoms with Crippen LogP contribution in [0.2, 0.25) is 0 Å². The van der Waals surface area contributed by atoms with Crippen LogP contribution in [0.15, 0.2) is 60.7 Å². The van der Waals surface area contributed by atoms with E-state index in [2.05, 4.69) is 46.7 Å². The molecule has 130 valence electrons. The van der Waals surface area contributed by atoms with Crippen LogP contribution in [-0.4, -0.2) is 20.2 Å². The monoisotopic (exact) mass is 343 g/mol. The van der Waals surface area contributed by atoms with Gasteiger partial charge in [0.15, 0.2) is 5.82 Å². The maximum Gasteiger partial charge on any atom is 0.153 e. The van der Waals surface area contributed by atoms with E-state index in [1.54, 1.807) is 0 Å². The summed E-state index contributed by atoms with van der Waals surface area (Å²) in [6.07, 6.45) is 0.781. The molecule has 0 spiro atoms. The number of aryl methyl sites for hydroxylation is 1. The van der Waals surface area contributed by atoms with Crippen LogP contribution in [0.1, 0.15) is 29.9 Å². The molecule has 2 N–H and O–H groups in total. The normalized spacial score (nSPS) is 12.2. The first-order valence-electron chi connectivity index (χ1n) is 8.78. The summed E-state index contributed by atoms with van der Waals surface area (Å²) in [5.41, 5.74) is 3.23. The molecule has 0 radical (unpaired) electrons. The number of hydrogen-bond donors (Lipinski definition) is 2. The predicted molar refractivity (Wildman–Crippen MR) is 105 cm³/mol. The molecule has 0 amide bonds. The van der Waals surface area contributed by atoms with Crippen LogP contribution in [-0.2, 0) is 6.42 Å². The molecule has 0 saturated heterocycles. The summed E-state index contributed by atoms with van der Waals surface area (Å²) in [5, 5.41) is 11.5. The summed E-state index contributed by atoms with van der Waals surface area (Å²) < 4.78 is 0. The van der Waals surface area contributed by atoms with Crippen LogP contribution in [0.3, 0.4) is 0 Å². The predicted octanol–water partition coefficient (Wildman–Crippen LogP) is 4.75. The summed E-state index contributed by atoms with van der Waals surface area (Å²) in [4.78, 5) is 9.56. The van der Waals surface area contributed by atoms with Crippen LogP contribution in [0.25, 0.3) is 10.9 Å². The molecule has 0 bridgehead atoms. The van der Waals surface area contributed by atoms with Gasteiger partial charge in [-0.05, 0) is 30.5 Å². The second-order valence-electron chi connectivity index (χ2n) is 6.58. The molecule has 2 heterocycles. The summed E-state index contributed by atoms with van der Waals surface area (Å²) >= 11 is 0. The smallest absolute Gasteiger partial charge is 0.153 e. The number of para-hydroxylation sites is 1. The second kappa shape index (κ2) is 6.96. The first-order chi connectivity index (χ1) is 12.7. The number of nitrogens with one attached hydrogen (secondary N) is 2. The van der Waals surface area contributed by atoms with Gasteiger partial charge in [-0.1, -0.05) is 49.4 Å². The Kier molecular flexibility index (Phi) is 4.35. The summed E-state index contributed by atoms with van der Waals surface area (Å²) in [6, 6.07) is 20.5. The van der Waals surface area contributed by atoms with Crippen molar-refractivity contribution < 1.29 is 0 Å². The zero-order chi connectivity index (χ0) is 17.9. The van der Waals surface area contributed by atoms with Gasteiger partial charge in [-0.15, -0.1) is 0 Å². The Morgan fingerprint density at radius 2 is 1.77 bits per heavy atom. The van der Waals surface area contributed by atoms with Crippen molar-refractivity contribution in [2.24, 2.45) is 0 Å². The Labute approximate surface area is 152 Å². The third kappa shape index (κ3) is 3.42. The van der Waals surface area contributed by atoms with Gasteiger partial charge < -0.3 is 5.32 Å². The quantitative estimate of drug-likeness (QED) is 0.549. The van der Waals surface area contributed by atoms with Crippen LogP contribution in [0, 0.1) is 6.92 Å². The lowest BCUT2D eigenvalue weighted by Gasteiger charge is -2.13. The Balaban J connectivity index is 1.69. The van der Waals surface area contributed by atoms with E-state index in [0.29, 0.717) is 5.92 Å². The van der Waals surface area contributed by atoms with Crippen molar-refractivity contribution in [3.8, 4) is 0 Å². The number of rotatable bonds is 5. The van der Waals surface area contributed by atoms with Gasteiger partial charge in [0.25, 0.3) is 0 Å². The van der Waals surface area contributed by atoms with Gasteiger partial charge >= 0.3 is 0 Å². The lowest BCUT2D eigenvalue weighted by molar-refractivity contribution is 0.722. The molecule has 26 heavy (non-hydrogen) atoms. The number of aromatic nitrogens is 4. The highest BCUT2D eigenvalue weighted by molar-refractivity contribution is 5.90. The van der Waals surface area contributed by atoms with E-state index in [9.17, 15) is 0 Å². The van der Waals surface area contributed by atoms with Crippen LogP contribution >= 0.6 is 0 Å². The Morgan fingerprint density at radius 3 is 2.54 bits per heavy atom. The minimum atomic E-state index is 0.345. The highest BCUT2D eigenvalue weighted by Gasteiger charge is 2.13. The van der Waals surface area contributed by atoms with Gasteiger partial charge in [-0.3, -0.25) is 5.10 Å². The molecule has 1 unspecified atom stereocenters. The molecule has 0 aliphatic rings.